The first-order valence-electron chi connectivity index (χ1n) is 6.66. The molecule has 0 aromatic heterocycles. The lowest BCUT2D eigenvalue weighted by atomic mass is 10.1. The second-order valence-electron chi connectivity index (χ2n) is 4.51. The van der Waals surface area contributed by atoms with Crippen molar-refractivity contribution in [3.8, 4) is 0 Å². The summed E-state index contributed by atoms with van der Waals surface area (Å²) in [7, 11) is 0. The van der Waals surface area contributed by atoms with Gasteiger partial charge in [-0.3, -0.25) is 0 Å². The lowest BCUT2D eigenvalue weighted by Crippen LogP contribution is -2.24. The first kappa shape index (κ1) is 13.4. The van der Waals surface area contributed by atoms with E-state index in [0.29, 0.717) is 0 Å². The zero-order valence-electron chi connectivity index (χ0n) is 10.7. The van der Waals surface area contributed by atoms with Gasteiger partial charge in [-0.15, -0.1) is 0 Å². The predicted molar refractivity (Wildman–Crippen MR) is 83.3 cm³/mol. The second kappa shape index (κ2) is 7.42. The molecule has 2 heteroatoms. The van der Waals surface area contributed by atoms with Crippen molar-refractivity contribution in [1.29, 1.82) is 0 Å². The average Bonchev–Trinajstić information content (AvgIpc) is 2.46. The van der Waals surface area contributed by atoms with Gasteiger partial charge in [0.05, 0.1) is 0 Å². The molecular weight excluding hydrogens is 286 g/mol. The summed E-state index contributed by atoms with van der Waals surface area (Å²) in [6, 6.07) is 10.7. The molecule has 0 bridgehead atoms. The molecular formula is C16H20BrN. The van der Waals surface area contributed by atoms with Crippen molar-refractivity contribution in [2.24, 2.45) is 0 Å². The number of halogens is 1. The zero-order chi connectivity index (χ0) is 12.6. The minimum absolute atomic E-state index is 1.09. The quantitative estimate of drug-likeness (QED) is 0.533. The first-order valence-corrected chi connectivity index (χ1v) is 7.78. The van der Waals surface area contributed by atoms with Crippen molar-refractivity contribution >= 4 is 21.6 Å². The van der Waals surface area contributed by atoms with E-state index in [2.05, 4.69) is 69.4 Å². The molecule has 1 aromatic carbocycles. The third kappa shape index (κ3) is 3.74. The van der Waals surface area contributed by atoms with Crippen LogP contribution < -0.4 is 4.90 Å². The largest absolute Gasteiger partial charge is 0.345 e. The van der Waals surface area contributed by atoms with E-state index in [0.717, 1.165) is 24.7 Å². The molecule has 0 fully saturated rings. The molecule has 0 spiro atoms. The Kier molecular flexibility index (Phi) is 5.53. The van der Waals surface area contributed by atoms with E-state index in [1.54, 1.807) is 0 Å². The van der Waals surface area contributed by atoms with Crippen LogP contribution in [0.5, 0.6) is 0 Å². The fourth-order valence-electron chi connectivity index (χ4n) is 2.23. The van der Waals surface area contributed by atoms with Gasteiger partial charge in [-0.1, -0.05) is 46.3 Å². The van der Waals surface area contributed by atoms with Gasteiger partial charge in [0.2, 0.25) is 0 Å². The molecule has 0 unspecified atom stereocenters. The molecule has 2 rings (SSSR count). The molecule has 0 saturated carbocycles. The Morgan fingerprint density at radius 1 is 1.11 bits per heavy atom. The van der Waals surface area contributed by atoms with Crippen LogP contribution in [0.2, 0.25) is 0 Å². The molecule has 1 aromatic rings. The summed E-state index contributed by atoms with van der Waals surface area (Å²) in [6.07, 6.45) is 11.4. The summed E-state index contributed by atoms with van der Waals surface area (Å²) in [5.41, 5.74) is 2.76. The van der Waals surface area contributed by atoms with Crippen LogP contribution in [0, 0.1) is 0 Å². The summed E-state index contributed by atoms with van der Waals surface area (Å²) in [6.45, 7) is 1.11. The zero-order valence-corrected chi connectivity index (χ0v) is 12.3. The van der Waals surface area contributed by atoms with Gasteiger partial charge >= 0.3 is 0 Å². The van der Waals surface area contributed by atoms with Gasteiger partial charge in [-0.05, 0) is 43.9 Å². The van der Waals surface area contributed by atoms with Gasteiger partial charge in [0.25, 0.3) is 0 Å². The monoisotopic (exact) mass is 305 g/mol. The third-order valence-corrected chi connectivity index (χ3v) is 3.73. The summed E-state index contributed by atoms with van der Waals surface area (Å²) in [4.78, 5) is 2.46. The number of benzene rings is 1. The van der Waals surface area contributed by atoms with Crippen LogP contribution in [0.3, 0.4) is 0 Å². The summed E-state index contributed by atoms with van der Waals surface area (Å²) < 4.78 is 0. The molecule has 1 aliphatic rings. The second-order valence-corrected chi connectivity index (χ2v) is 5.30. The number of anilines is 1. The van der Waals surface area contributed by atoms with E-state index in [1.165, 1.54) is 24.2 Å². The Balaban J connectivity index is 2.12. The van der Waals surface area contributed by atoms with Crippen LogP contribution in [0.4, 0.5) is 5.69 Å². The van der Waals surface area contributed by atoms with Crippen molar-refractivity contribution in [3.05, 3.63) is 54.3 Å². The van der Waals surface area contributed by atoms with Crippen LogP contribution in [0.25, 0.3) is 0 Å². The van der Waals surface area contributed by atoms with E-state index in [9.17, 15) is 0 Å². The van der Waals surface area contributed by atoms with Gasteiger partial charge in [-0.2, -0.15) is 0 Å². The summed E-state index contributed by atoms with van der Waals surface area (Å²) >= 11 is 3.51. The summed E-state index contributed by atoms with van der Waals surface area (Å²) in [5.74, 6) is 0. The Labute approximate surface area is 118 Å². The Morgan fingerprint density at radius 2 is 1.94 bits per heavy atom. The number of alkyl halides is 1. The van der Waals surface area contributed by atoms with Gasteiger partial charge in [0.15, 0.2) is 0 Å². The van der Waals surface area contributed by atoms with Gasteiger partial charge in [0, 0.05) is 23.3 Å². The highest BCUT2D eigenvalue weighted by atomic mass is 79.9. The molecule has 0 saturated heterocycles. The van der Waals surface area contributed by atoms with E-state index in [-0.39, 0.29) is 0 Å². The number of nitrogens with zero attached hydrogens (tertiary/aromatic N) is 1. The van der Waals surface area contributed by atoms with Crippen LogP contribution in [-0.2, 0) is 0 Å². The number of para-hydroxylation sites is 1. The van der Waals surface area contributed by atoms with E-state index in [1.807, 2.05) is 0 Å². The SMILES string of the molecule is BrCCCCN(C1=CC=CCC1)c1ccccc1. The molecule has 0 amide bonds. The van der Waals surface area contributed by atoms with Crippen LogP contribution >= 0.6 is 15.9 Å². The standard InChI is InChI=1S/C16H20BrN/c17-13-7-8-14-18(15-9-3-1-4-10-15)16-11-5-2-6-12-16/h1-5,9-11H,6-8,12-14H2. The highest BCUT2D eigenvalue weighted by Gasteiger charge is 2.11. The number of hydrogen-bond donors (Lipinski definition) is 0. The van der Waals surface area contributed by atoms with Crippen LogP contribution in [0.15, 0.2) is 54.3 Å². The molecule has 18 heavy (non-hydrogen) atoms. The lowest BCUT2D eigenvalue weighted by Gasteiger charge is -2.28. The normalized spacial score (nSPS) is 14.4. The maximum atomic E-state index is 3.51. The first-order chi connectivity index (χ1) is 8.92. The van der Waals surface area contributed by atoms with Crippen molar-refractivity contribution in [1.82, 2.24) is 0 Å². The number of rotatable bonds is 6. The molecule has 0 N–H and O–H groups in total. The Bertz CT molecular complexity index is 408. The molecule has 1 aliphatic carbocycles. The Morgan fingerprint density at radius 3 is 2.61 bits per heavy atom. The van der Waals surface area contributed by atoms with Gasteiger partial charge < -0.3 is 4.90 Å². The minimum atomic E-state index is 1.09. The molecule has 1 nitrogen and oxygen atoms in total. The number of unbranched alkanes of at least 4 members (excludes halogenated alkanes) is 1. The van der Waals surface area contributed by atoms with Gasteiger partial charge in [-0.25, -0.2) is 0 Å². The summed E-state index contributed by atoms with van der Waals surface area (Å²) in [5, 5.41) is 1.09. The van der Waals surface area contributed by atoms with Crippen molar-refractivity contribution < 1.29 is 0 Å². The number of hydrogen-bond acceptors (Lipinski definition) is 1. The van der Waals surface area contributed by atoms with Crippen LogP contribution in [-0.4, -0.2) is 11.9 Å². The highest BCUT2D eigenvalue weighted by Crippen LogP contribution is 2.24. The molecule has 96 valence electrons. The lowest BCUT2D eigenvalue weighted by molar-refractivity contribution is 0.747. The molecule has 0 atom stereocenters. The fraction of sp³-hybridized carbons (Fsp3) is 0.375. The molecule has 0 heterocycles. The maximum absolute atomic E-state index is 3.51. The third-order valence-electron chi connectivity index (χ3n) is 3.17. The van der Waals surface area contributed by atoms with E-state index in [4.69, 9.17) is 0 Å². The fourth-order valence-corrected chi connectivity index (χ4v) is 2.62. The highest BCUT2D eigenvalue weighted by molar-refractivity contribution is 9.09. The van der Waals surface area contributed by atoms with E-state index < -0.39 is 0 Å². The molecule has 0 radical (unpaired) electrons. The van der Waals surface area contributed by atoms with E-state index >= 15 is 0 Å². The minimum Gasteiger partial charge on any atom is -0.345 e. The van der Waals surface area contributed by atoms with Crippen molar-refractivity contribution in [3.63, 3.8) is 0 Å². The Hall–Kier alpha value is -1.02. The predicted octanol–water partition coefficient (Wildman–Crippen LogP) is 4.90. The topological polar surface area (TPSA) is 3.24 Å². The van der Waals surface area contributed by atoms with Crippen LogP contribution in [0.1, 0.15) is 25.7 Å². The van der Waals surface area contributed by atoms with Crippen molar-refractivity contribution in [2.45, 2.75) is 25.7 Å². The van der Waals surface area contributed by atoms with Gasteiger partial charge in [0.1, 0.15) is 0 Å². The van der Waals surface area contributed by atoms with Crippen molar-refractivity contribution in [2.75, 3.05) is 16.8 Å². The average molecular weight is 306 g/mol. The maximum Gasteiger partial charge on any atom is 0.0408 e. The number of allylic oxidation sites excluding steroid dienone is 4. The smallest absolute Gasteiger partial charge is 0.0408 e. The molecule has 0 aliphatic heterocycles.